The van der Waals surface area contributed by atoms with E-state index in [2.05, 4.69) is 10.6 Å². The van der Waals surface area contributed by atoms with Crippen molar-refractivity contribution in [2.45, 2.75) is 6.42 Å². The highest BCUT2D eigenvalue weighted by molar-refractivity contribution is 6.39. The van der Waals surface area contributed by atoms with Crippen LogP contribution in [-0.2, 0) is 0 Å². The van der Waals surface area contributed by atoms with Crippen LogP contribution in [0.5, 0.6) is 5.75 Å². The van der Waals surface area contributed by atoms with Crippen LogP contribution in [0.3, 0.4) is 0 Å². The number of hydrogen-bond acceptors (Lipinski definition) is 2. The summed E-state index contributed by atoms with van der Waals surface area (Å²) in [5, 5.41) is 6.15. The number of nitrogens with one attached hydrogen (secondary N) is 2. The molecule has 4 nitrogen and oxygen atoms in total. The number of para-hydroxylation sites is 2. The second kappa shape index (κ2) is 8.51. The van der Waals surface area contributed by atoms with Gasteiger partial charge in [-0.05, 0) is 30.7 Å². The van der Waals surface area contributed by atoms with Gasteiger partial charge in [-0.25, -0.2) is 4.79 Å². The van der Waals surface area contributed by atoms with Crippen LogP contribution < -0.4 is 15.4 Å². The molecule has 0 fully saturated rings. The van der Waals surface area contributed by atoms with Gasteiger partial charge in [-0.1, -0.05) is 47.5 Å². The van der Waals surface area contributed by atoms with Gasteiger partial charge in [0, 0.05) is 6.54 Å². The van der Waals surface area contributed by atoms with Crippen LogP contribution in [0, 0.1) is 0 Å². The predicted octanol–water partition coefficient (Wildman–Crippen LogP) is 4.58. The molecule has 0 radical (unpaired) electrons. The summed E-state index contributed by atoms with van der Waals surface area (Å²) in [6.45, 7) is 1.01. The smallest absolute Gasteiger partial charge is 0.319 e. The van der Waals surface area contributed by atoms with Gasteiger partial charge in [0.2, 0.25) is 0 Å². The molecule has 0 heterocycles. The zero-order valence-electron chi connectivity index (χ0n) is 11.8. The Kier molecular flexibility index (Phi) is 6.37. The lowest BCUT2D eigenvalue weighted by Crippen LogP contribution is -2.30. The van der Waals surface area contributed by atoms with E-state index in [1.54, 1.807) is 18.2 Å². The summed E-state index contributed by atoms with van der Waals surface area (Å²) in [5.74, 6) is 0.815. The highest BCUT2D eigenvalue weighted by Gasteiger charge is 2.08. The molecule has 2 rings (SSSR count). The summed E-state index contributed by atoms with van der Waals surface area (Å²) in [7, 11) is 0. The summed E-state index contributed by atoms with van der Waals surface area (Å²) in [6.07, 6.45) is 0.693. The highest BCUT2D eigenvalue weighted by Crippen LogP contribution is 2.29. The Labute approximate surface area is 139 Å². The number of halogens is 2. The molecular weight excluding hydrogens is 323 g/mol. The van der Waals surface area contributed by atoms with Crippen LogP contribution in [0.15, 0.2) is 48.5 Å². The van der Waals surface area contributed by atoms with Crippen molar-refractivity contribution in [2.75, 3.05) is 18.5 Å². The second-order valence-corrected chi connectivity index (χ2v) is 5.31. The van der Waals surface area contributed by atoms with Crippen LogP contribution in [0.2, 0.25) is 10.0 Å². The molecule has 0 unspecified atom stereocenters. The molecule has 6 heteroatoms. The van der Waals surface area contributed by atoms with Gasteiger partial charge < -0.3 is 15.4 Å². The minimum absolute atomic E-state index is 0.352. The lowest BCUT2D eigenvalue weighted by atomic mass is 10.3. The summed E-state index contributed by atoms with van der Waals surface area (Å²) in [4.78, 5) is 11.8. The fourth-order valence-electron chi connectivity index (χ4n) is 1.76. The predicted molar refractivity (Wildman–Crippen MR) is 90.0 cm³/mol. The van der Waals surface area contributed by atoms with E-state index < -0.39 is 0 Å². The molecule has 2 amide bonds. The number of amides is 2. The lowest BCUT2D eigenvalue weighted by Gasteiger charge is -2.10. The maximum Gasteiger partial charge on any atom is 0.319 e. The summed E-state index contributed by atoms with van der Waals surface area (Å²) in [6, 6.07) is 14.2. The Morgan fingerprint density at radius 1 is 1.00 bits per heavy atom. The lowest BCUT2D eigenvalue weighted by molar-refractivity contribution is 0.250. The van der Waals surface area contributed by atoms with E-state index in [0.717, 1.165) is 5.75 Å². The zero-order valence-corrected chi connectivity index (χ0v) is 13.3. The van der Waals surface area contributed by atoms with Gasteiger partial charge in [-0.2, -0.15) is 0 Å². The number of urea groups is 1. The molecule has 0 bridgehead atoms. The first kappa shape index (κ1) is 16.5. The molecule has 0 aliphatic rings. The Balaban J connectivity index is 1.68. The molecule has 2 N–H and O–H groups in total. The molecule has 2 aromatic carbocycles. The van der Waals surface area contributed by atoms with Crippen LogP contribution >= 0.6 is 23.2 Å². The Bertz CT molecular complexity index is 601. The van der Waals surface area contributed by atoms with Crippen LogP contribution in [0.4, 0.5) is 10.5 Å². The number of carbonyl (C=O) groups excluding carboxylic acids is 1. The van der Waals surface area contributed by atoms with E-state index in [0.29, 0.717) is 35.3 Å². The van der Waals surface area contributed by atoms with E-state index >= 15 is 0 Å². The Morgan fingerprint density at radius 3 is 2.36 bits per heavy atom. The largest absolute Gasteiger partial charge is 0.494 e. The quantitative estimate of drug-likeness (QED) is 0.757. The summed E-state index contributed by atoms with van der Waals surface area (Å²) in [5.41, 5.74) is 0.406. The van der Waals surface area contributed by atoms with Gasteiger partial charge in [0.15, 0.2) is 0 Å². The third-order valence-electron chi connectivity index (χ3n) is 2.82. The van der Waals surface area contributed by atoms with Crippen molar-refractivity contribution in [1.82, 2.24) is 5.32 Å². The number of rotatable bonds is 6. The van der Waals surface area contributed by atoms with E-state index in [-0.39, 0.29) is 6.03 Å². The normalized spacial score (nSPS) is 10.1. The molecule has 0 atom stereocenters. The molecule has 22 heavy (non-hydrogen) atoms. The Hall–Kier alpha value is -1.91. The maximum atomic E-state index is 11.8. The standard InChI is InChI=1S/C16H16Cl2N2O2/c17-13-8-4-9-14(18)15(13)20-16(21)19-10-5-11-22-12-6-2-1-3-7-12/h1-4,6-9H,5,10-11H2,(H2,19,20,21). The number of ether oxygens (including phenoxy) is 1. The minimum Gasteiger partial charge on any atom is -0.494 e. The van der Waals surface area contributed by atoms with E-state index in [4.69, 9.17) is 27.9 Å². The van der Waals surface area contributed by atoms with Gasteiger partial charge in [0.05, 0.1) is 22.3 Å². The average Bonchev–Trinajstić information content (AvgIpc) is 2.52. The molecular formula is C16H16Cl2N2O2. The summed E-state index contributed by atoms with van der Waals surface area (Å²) < 4.78 is 5.53. The second-order valence-electron chi connectivity index (χ2n) is 4.49. The van der Waals surface area contributed by atoms with Gasteiger partial charge in [-0.15, -0.1) is 0 Å². The van der Waals surface area contributed by atoms with Gasteiger partial charge in [-0.3, -0.25) is 0 Å². The molecule has 0 aliphatic heterocycles. The third-order valence-corrected chi connectivity index (χ3v) is 3.45. The van der Waals surface area contributed by atoms with Crippen molar-refractivity contribution in [1.29, 1.82) is 0 Å². The van der Waals surface area contributed by atoms with Crippen LogP contribution in [0.1, 0.15) is 6.42 Å². The average molecular weight is 339 g/mol. The van der Waals surface area contributed by atoms with Gasteiger partial charge >= 0.3 is 6.03 Å². The summed E-state index contributed by atoms with van der Waals surface area (Å²) >= 11 is 12.0. The molecule has 0 saturated heterocycles. The molecule has 116 valence electrons. The monoisotopic (exact) mass is 338 g/mol. The minimum atomic E-state index is -0.352. The first-order valence-electron chi connectivity index (χ1n) is 6.83. The fourth-order valence-corrected chi connectivity index (χ4v) is 2.25. The molecule has 2 aromatic rings. The first-order chi connectivity index (χ1) is 10.7. The van der Waals surface area contributed by atoms with Gasteiger partial charge in [0.25, 0.3) is 0 Å². The number of carbonyl (C=O) groups is 1. The number of anilines is 1. The number of benzene rings is 2. The SMILES string of the molecule is O=C(NCCCOc1ccccc1)Nc1c(Cl)cccc1Cl. The fraction of sp³-hybridized carbons (Fsp3) is 0.188. The highest BCUT2D eigenvalue weighted by atomic mass is 35.5. The first-order valence-corrected chi connectivity index (χ1v) is 7.59. The van der Waals surface area contributed by atoms with E-state index in [1.165, 1.54) is 0 Å². The van der Waals surface area contributed by atoms with E-state index in [9.17, 15) is 4.79 Å². The van der Waals surface area contributed by atoms with Crippen molar-refractivity contribution < 1.29 is 9.53 Å². The topological polar surface area (TPSA) is 50.4 Å². The molecule has 0 aromatic heterocycles. The Morgan fingerprint density at radius 2 is 1.68 bits per heavy atom. The zero-order chi connectivity index (χ0) is 15.8. The van der Waals surface area contributed by atoms with Crippen molar-refractivity contribution in [3.05, 3.63) is 58.6 Å². The molecule has 0 aliphatic carbocycles. The van der Waals surface area contributed by atoms with E-state index in [1.807, 2.05) is 30.3 Å². The van der Waals surface area contributed by atoms with Gasteiger partial charge in [0.1, 0.15) is 5.75 Å². The van der Waals surface area contributed by atoms with Crippen molar-refractivity contribution in [2.24, 2.45) is 0 Å². The molecule has 0 saturated carbocycles. The van der Waals surface area contributed by atoms with Crippen molar-refractivity contribution in [3.8, 4) is 5.75 Å². The van der Waals surface area contributed by atoms with Crippen LogP contribution in [-0.4, -0.2) is 19.2 Å². The number of hydrogen-bond donors (Lipinski definition) is 2. The third kappa shape index (κ3) is 5.13. The van der Waals surface area contributed by atoms with Crippen LogP contribution in [0.25, 0.3) is 0 Å². The van der Waals surface area contributed by atoms with Crippen molar-refractivity contribution >= 4 is 34.9 Å². The van der Waals surface area contributed by atoms with Crippen molar-refractivity contribution in [3.63, 3.8) is 0 Å². The maximum absolute atomic E-state index is 11.8. The molecule has 0 spiro atoms.